The van der Waals surface area contributed by atoms with Crippen molar-refractivity contribution >= 4 is 28.3 Å². The lowest BCUT2D eigenvalue weighted by Crippen LogP contribution is -2.19. The summed E-state index contributed by atoms with van der Waals surface area (Å²) in [6, 6.07) is 21.8. The quantitative estimate of drug-likeness (QED) is 0.417. The van der Waals surface area contributed by atoms with Crippen molar-refractivity contribution in [2.45, 2.75) is 6.92 Å². The maximum Gasteiger partial charge on any atom is 0.323 e. The average Bonchev–Trinajstić information content (AvgIpc) is 3.09. The van der Waals surface area contributed by atoms with Gasteiger partial charge in [-0.2, -0.15) is 0 Å². The molecule has 1 aromatic heterocycles. The fraction of sp³-hybridized carbons (Fsp3) is 0.0455. The molecule has 5 heteroatoms. The van der Waals surface area contributed by atoms with Gasteiger partial charge in [0.15, 0.2) is 0 Å². The molecule has 0 spiro atoms. The number of rotatable bonds is 3. The van der Waals surface area contributed by atoms with Crippen molar-refractivity contribution in [3.05, 3.63) is 84.2 Å². The lowest BCUT2D eigenvalue weighted by molar-refractivity contribution is 0.262. The van der Waals surface area contributed by atoms with Gasteiger partial charge in [0.2, 0.25) is 0 Å². The maximum absolute atomic E-state index is 13.6. The number of aryl methyl sites for hydroxylation is 1. The van der Waals surface area contributed by atoms with Gasteiger partial charge in [-0.1, -0.05) is 36.4 Å². The van der Waals surface area contributed by atoms with Gasteiger partial charge in [0.1, 0.15) is 5.82 Å². The van der Waals surface area contributed by atoms with E-state index in [4.69, 9.17) is 0 Å². The number of aromatic nitrogens is 1. The molecule has 0 saturated carbocycles. The van der Waals surface area contributed by atoms with E-state index in [0.29, 0.717) is 16.9 Å². The second-order valence-corrected chi connectivity index (χ2v) is 6.39. The van der Waals surface area contributed by atoms with Crippen LogP contribution in [0.1, 0.15) is 5.56 Å². The van der Waals surface area contributed by atoms with Gasteiger partial charge in [-0.05, 0) is 48.9 Å². The van der Waals surface area contributed by atoms with E-state index in [1.54, 1.807) is 19.1 Å². The molecule has 1 heterocycles. The topological polar surface area (TPSA) is 56.9 Å². The third kappa shape index (κ3) is 3.67. The minimum Gasteiger partial charge on any atom is -0.355 e. The molecule has 0 bridgehead atoms. The first-order valence-corrected chi connectivity index (χ1v) is 8.61. The van der Waals surface area contributed by atoms with Crippen molar-refractivity contribution in [1.29, 1.82) is 0 Å². The highest BCUT2D eigenvalue weighted by atomic mass is 19.1. The summed E-state index contributed by atoms with van der Waals surface area (Å²) in [4.78, 5) is 15.6. The summed E-state index contributed by atoms with van der Waals surface area (Å²) in [5.74, 6) is -0.353. The Kier molecular flexibility index (Phi) is 4.34. The molecule has 0 unspecified atom stereocenters. The molecule has 0 aliphatic rings. The predicted molar refractivity (Wildman–Crippen MR) is 108 cm³/mol. The molecule has 4 rings (SSSR count). The summed E-state index contributed by atoms with van der Waals surface area (Å²) in [5.41, 5.74) is 4.59. The molecule has 0 aliphatic heterocycles. The normalized spacial score (nSPS) is 10.7. The zero-order valence-corrected chi connectivity index (χ0v) is 14.7. The Morgan fingerprint density at radius 3 is 2.44 bits per heavy atom. The van der Waals surface area contributed by atoms with E-state index in [1.807, 2.05) is 48.5 Å². The van der Waals surface area contributed by atoms with E-state index in [9.17, 15) is 9.18 Å². The lowest BCUT2D eigenvalue weighted by atomic mass is 10.1. The molecule has 0 atom stereocenters. The number of hydrogen-bond acceptors (Lipinski definition) is 1. The SMILES string of the molecule is Cc1ccc(NC(=O)Nc2cccc(-c3cc4ccccc4[nH]3)c2)cc1F. The second kappa shape index (κ2) is 6.96. The highest BCUT2D eigenvalue weighted by molar-refractivity contribution is 6.00. The number of aromatic amines is 1. The largest absolute Gasteiger partial charge is 0.355 e. The van der Waals surface area contributed by atoms with E-state index in [1.165, 1.54) is 6.07 Å². The third-order valence-electron chi connectivity index (χ3n) is 4.39. The molecule has 4 aromatic rings. The number of amides is 2. The summed E-state index contributed by atoms with van der Waals surface area (Å²) in [6.45, 7) is 1.68. The number of para-hydroxylation sites is 1. The van der Waals surface area contributed by atoms with Crippen LogP contribution in [0.5, 0.6) is 0 Å². The first-order chi connectivity index (χ1) is 13.1. The van der Waals surface area contributed by atoms with E-state index in [2.05, 4.69) is 21.7 Å². The number of hydrogen-bond donors (Lipinski definition) is 3. The summed E-state index contributed by atoms with van der Waals surface area (Å²) in [6.07, 6.45) is 0. The molecule has 2 amide bonds. The van der Waals surface area contributed by atoms with Gasteiger partial charge in [-0.15, -0.1) is 0 Å². The highest BCUT2D eigenvalue weighted by Crippen LogP contribution is 2.26. The van der Waals surface area contributed by atoms with Crippen molar-refractivity contribution in [2.24, 2.45) is 0 Å². The van der Waals surface area contributed by atoms with Crippen LogP contribution < -0.4 is 10.6 Å². The van der Waals surface area contributed by atoms with Crippen molar-refractivity contribution in [3.63, 3.8) is 0 Å². The van der Waals surface area contributed by atoms with Crippen molar-refractivity contribution < 1.29 is 9.18 Å². The molecule has 3 N–H and O–H groups in total. The van der Waals surface area contributed by atoms with Gasteiger partial charge < -0.3 is 15.6 Å². The molecule has 0 aliphatic carbocycles. The van der Waals surface area contributed by atoms with Crippen LogP contribution in [-0.4, -0.2) is 11.0 Å². The number of benzene rings is 3. The Hall–Kier alpha value is -3.60. The van der Waals surface area contributed by atoms with Gasteiger partial charge in [-0.3, -0.25) is 0 Å². The number of H-pyrrole nitrogens is 1. The molecular weight excluding hydrogens is 341 g/mol. The van der Waals surface area contributed by atoms with Crippen molar-refractivity contribution in [1.82, 2.24) is 4.98 Å². The predicted octanol–water partition coefficient (Wildman–Crippen LogP) is 5.93. The molecule has 3 aromatic carbocycles. The van der Waals surface area contributed by atoms with E-state index in [0.717, 1.165) is 22.2 Å². The second-order valence-electron chi connectivity index (χ2n) is 6.39. The van der Waals surface area contributed by atoms with Gasteiger partial charge in [0, 0.05) is 33.5 Å². The zero-order valence-electron chi connectivity index (χ0n) is 14.7. The fourth-order valence-corrected chi connectivity index (χ4v) is 2.96. The Morgan fingerprint density at radius 2 is 1.67 bits per heavy atom. The summed E-state index contributed by atoms with van der Waals surface area (Å²) < 4.78 is 13.6. The Morgan fingerprint density at radius 1 is 0.889 bits per heavy atom. The molecule has 0 saturated heterocycles. The lowest BCUT2D eigenvalue weighted by Gasteiger charge is -2.09. The Labute approximate surface area is 156 Å². The Balaban J connectivity index is 1.51. The first kappa shape index (κ1) is 16.8. The number of nitrogens with one attached hydrogen (secondary N) is 3. The minimum absolute atomic E-state index is 0.353. The van der Waals surface area contributed by atoms with Crippen LogP contribution in [0, 0.1) is 12.7 Å². The van der Waals surface area contributed by atoms with Gasteiger partial charge in [-0.25, -0.2) is 9.18 Å². The van der Waals surface area contributed by atoms with Gasteiger partial charge >= 0.3 is 6.03 Å². The fourth-order valence-electron chi connectivity index (χ4n) is 2.96. The molecule has 0 radical (unpaired) electrons. The van der Waals surface area contributed by atoms with Crippen LogP contribution in [0.15, 0.2) is 72.8 Å². The van der Waals surface area contributed by atoms with E-state index < -0.39 is 6.03 Å². The number of halogens is 1. The molecular formula is C22H18FN3O. The van der Waals surface area contributed by atoms with E-state index in [-0.39, 0.29) is 5.82 Å². The van der Waals surface area contributed by atoms with Crippen LogP contribution in [0.3, 0.4) is 0 Å². The number of carbonyl (C=O) groups excluding carboxylic acids is 1. The van der Waals surface area contributed by atoms with Crippen LogP contribution >= 0.6 is 0 Å². The zero-order chi connectivity index (χ0) is 18.8. The standard InChI is InChI=1S/C22H18FN3O/c1-14-9-10-18(13-19(14)23)25-22(27)24-17-7-4-6-15(11-17)21-12-16-5-2-3-8-20(16)26-21/h2-13,26H,1H3,(H2,24,25,27). The third-order valence-corrected chi connectivity index (χ3v) is 4.39. The monoisotopic (exact) mass is 359 g/mol. The average molecular weight is 359 g/mol. The van der Waals surface area contributed by atoms with Crippen LogP contribution in [0.4, 0.5) is 20.6 Å². The van der Waals surface area contributed by atoms with Gasteiger partial charge in [0.05, 0.1) is 0 Å². The Bertz CT molecular complexity index is 1100. The molecule has 27 heavy (non-hydrogen) atoms. The molecule has 0 fully saturated rings. The van der Waals surface area contributed by atoms with Crippen molar-refractivity contribution in [2.75, 3.05) is 10.6 Å². The highest BCUT2D eigenvalue weighted by Gasteiger charge is 2.07. The smallest absolute Gasteiger partial charge is 0.323 e. The number of fused-ring (bicyclic) bond motifs is 1. The first-order valence-electron chi connectivity index (χ1n) is 8.61. The van der Waals surface area contributed by atoms with Crippen molar-refractivity contribution in [3.8, 4) is 11.3 Å². The van der Waals surface area contributed by atoms with E-state index >= 15 is 0 Å². The van der Waals surface area contributed by atoms with Crippen LogP contribution in [-0.2, 0) is 0 Å². The summed E-state index contributed by atoms with van der Waals surface area (Å²) >= 11 is 0. The summed E-state index contributed by atoms with van der Waals surface area (Å²) in [7, 11) is 0. The summed E-state index contributed by atoms with van der Waals surface area (Å²) in [5, 5.41) is 6.55. The van der Waals surface area contributed by atoms with Gasteiger partial charge in [0.25, 0.3) is 0 Å². The number of urea groups is 1. The molecule has 134 valence electrons. The number of anilines is 2. The van der Waals surface area contributed by atoms with Crippen LogP contribution in [0.25, 0.3) is 22.2 Å². The number of carbonyl (C=O) groups is 1. The maximum atomic E-state index is 13.6. The molecule has 4 nitrogen and oxygen atoms in total. The minimum atomic E-state index is -0.424. The van der Waals surface area contributed by atoms with Crippen LogP contribution in [0.2, 0.25) is 0 Å².